The molecule has 4 amide bonds. The Labute approximate surface area is 167 Å². The van der Waals surface area contributed by atoms with Crippen molar-refractivity contribution in [2.45, 2.75) is 37.9 Å². The van der Waals surface area contributed by atoms with Crippen molar-refractivity contribution < 1.29 is 27.6 Å². The van der Waals surface area contributed by atoms with Gasteiger partial charge in [0.05, 0.1) is 12.6 Å². The fraction of sp³-hybridized carbons (Fsp3) is 0.812. The van der Waals surface area contributed by atoms with Crippen molar-refractivity contribution in [3.63, 3.8) is 0 Å². The number of likely N-dealkylation sites (tertiary alicyclic amines) is 1. The normalized spacial score (nSPS) is 22.8. The van der Waals surface area contributed by atoms with Crippen molar-refractivity contribution in [3.05, 3.63) is 0 Å². The fourth-order valence-electron chi connectivity index (χ4n) is 3.33. The van der Waals surface area contributed by atoms with Gasteiger partial charge in [0.2, 0.25) is 11.8 Å². The van der Waals surface area contributed by atoms with Crippen LogP contribution >= 0.6 is 12.4 Å². The minimum atomic E-state index is -4.53. The van der Waals surface area contributed by atoms with E-state index in [2.05, 4.69) is 10.6 Å². The van der Waals surface area contributed by atoms with Crippen LogP contribution in [0.5, 0.6) is 0 Å². The van der Waals surface area contributed by atoms with Crippen LogP contribution in [-0.4, -0.2) is 74.2 Å². The van der Waals surface area contributed by atoms with Crippen LogP contribution < -0.4 is 21.3 Å². The number of piperidine rings is 1. The molecule has 0 aromatic carbocycles. The van der Waals surface area contributed by atoms with Gasteiger partial charge in [0.1, 0.15) is 6.54 Å². The molecule has 2 heterocycles. The number of halogens is 4. The lowest BCUT2D eigenvalue weighted by Crippen LogP contribution is -2.49. The molecule has 2 fully saturated rings. The van der Waals surface area contributed by atoms with Crippen molar-refractivity contribution in [1.29, 1.82) is 0 Å². The van der Waals surface area contributed by atoms with Gasteiger partial charge in [-0.15, -0.1) is 12.4 Å². The minimum Gasteiger partial charge on any atom is -0.354 e. The Morgan fingerprint density at radius 2 is 1.86 bits per heavy atom. The lowest BCUT2D eigenvalue weighted by Gasteiger charge is -2.32. The quantitative estimate of drug-likeness (QED) is 0.489. The molecule has 2 atom stereocenters. The molecule has 0 aromatic rings. The Kier molecular flexibility index (Phi) is 9.97. The van der Waals surface area contributed by atoms with Crippen LogP contribution in [0, 0.1) is 5.92 Å². The fourth-order valence-corrected chi connectivity index (χ4v) is 3.33. The van der Waals surface area contributed by atoms with Crippen LogP contribution in [0.2, 0.25) is 0 Å². The van der Waals surface area contributed by atoms with Gasteiger partial charge in [-0.25, -0.2) is 4.79 Å². The summed E-state index contributed by atoms with van der Waals surface area (Å²) in [5, 5.41) is 9.55. The molecule has 4 N–H and O–H groups in total. The zero-order valence-corrected chi connectivity index (χ0v) is 16.3. The minimum absolute atomic E-state index is 0. The molecule has 2 aliphatic heterocycles. The molecule has 12 heteroatoms. The molecule has 0 radical (unpaired) electrons. The van der Waals surface area contributed by atoms with Crippen molar-refractivity contribution >= 4 is 30.3 Å². The predicted molar refractivity (Wildman–Crippen MR) is 98.0 cm³/mol. The van der Waals surface area contributed by atoms with Crippen LogP contribution in [0.3, 0.4) is 0 Å². The lowest BCUT2D eigenvalue weighted by atomic mass is 9.98. The molecule has 2 aliphatic rings. The van der Waals surface area contributed by atoms with Gasteiger partial charge in [0, 0.05) is 13.1 Å². The molecule has 0 aliphatic carbocycles. The molecule has 2 saturated heterocycles. The van der Waals surface area contributed by atoms with Gasteiger partial charge in [-0.05, 0) is 44.7 Å². The number of imide groups is 1. The summed E-state index contributed by atoms with van der Waals surface area (Å²) in [5.41, 5.74) is 0. The van der Waals surface area contributed by atoms with Gasteiger partial charge >= 0.3 is 12.2 Å². The molecule has 8 nitrogen and oxygen atoms in total. The topological polar surface area (TPSA) is 103 Å². The summed E-state index contributed by atoms with van der Waals surface area (Å²) in [5.74, 6) is -0.478. The Morgan fingerprint density at radius 1 is 1.11 bits per heavy atom. The SMILES string of the molecule is Cl.O=C(CN1CCCC(CNC(=O)C2CCCN2)C1)NC(=O)NCC(F)(F)F. The first kappa shape index (κ1) is 24.4. The van der Waals surface area contributed by atoms with E-state index in [1.54, 1.807) is 5.32 Å². The van der Waals surface area contributed by atoms with Gasteiger partial charge in [-0.1, -0.05) is 0 Å². The van der Waals surface area contributed by atoms with Crippen LogP contribution in [0.1, 0.15) is 25.7 Å². The number of hydrogen-bond acceptors (Lipinski definition) is 5. The van der Waals surface area contributed by atoms with Gasteiger partial charge in [0.25, 0.3) is 0 Å². The van der Waals surface area contributed by atoms with E-state index < -0.39 is 24.7 Å². The van der Waals surface area contributed by atoms with Crippen LogP contribution in [-0.2, 0) is 9.59 Å². The zero-order valence-electron chi connectivity index (χ0n) is 15.4. The molecular weight excluding hydrogens is 403 g/mol. The second-order valence-electron chi connectivity index (χ2n) is 6.98. The predicted octanol–water partition coefficient (Wildman–Crippen LogP) is 0.377. The van der Waals surface area contributed by atoms with Crippen LogP contribution in [0.4, 0.5) is 18.0 Å². The third kappa shape index (κ3) is 9.07. The molecule has 28 heavy (non-hydrogen) atoms. The van der Waals surface area contributed by atoms with E-state index in [1.165, 1.54) is 0 Å². The van der Waals surface area contributed by atoms with Gasteiger partial charge < -0.3 is 16.0 Å². The monoisotopic (exact) mass is 429 g/mol. The Hall–Kier alpha value is -1.59. The summed E-state index contributed by atoms with van der Waals surface area (Å²) in [7, 11) is 0. The molecule has 0 spiro atoms. The summed E-state index contributed by atoms with van der Waals surface area (Å²) < 4.78 is 36.1. The van der Waals surface area contributed by atoms with E-state index >= 15 is 0 Å². The maximum atomic E-state index is 12.0. The lowest BCUT2D eigenvalue weighted by molar-refractivity contribution is -0.125. The smallest absolute Gasteiger partial charge is 0.354 e. The number of hydrogen-bond donors (Lipinski definition) is 4. The Bertz CT molecular complexity index is 544. The summed E-state index contributed by atoms with van der Waals surface area (Å²) in [6, 6.07) is -1.30. The number of carbonyl (C=O) groups excluding carboxylic acids is 3. The van der Waals surface area contributed by atoms with E-state index in [0.29, 0.717) is 19.6 Å². The summed E-state index contributed by atoms with van der Waals surface area (Å²) >= 11 is 0. The third-order valence-electron chi connectivity index (χ3n) is 4.61. The summed E-state index contributed by atoms with van der Waals surface area (Å²) in [6.45, 7) is 1.03. The third-order valence-corrected chi connectivity index (χ3v) is 4.61. The standard InChI is InChI=1S/C16H26F3N5O3.ClH/c17-16(18,19)10-22-15(27)23-13(25)9-24-6-2-3-11(8-24)7-21-14(26)12-4-1-5-20-12;/h11-12,20H,1-10H2,(H,21,26)(H2,22,23,25,27);1H. The van der Waals surface area contributed by atoms with Crippen LogP contribution in [0.15, 0.2) is 0 Å². The average molecular weight is 430 g/mol. The van der Waals surface area contributed by atoms with E-state index in [0.717, 1.165) is 32.2 Å². The molecule has 0 aromatic heterocycles. The average Bonchev–Trinajstić information content (AvgIpc) is 3.12. The zero-order chi connectivity index (χ0) is 19.9. The van der Waals surface area contributed by atoms with E-state index in [9.17, 15) is 27.6 Å². The Balaban J connectivity index is 0.00000392. The van der Waals surface area contributed by atoms with Gasteiger partial charge in [-0.3, -0.25) is 19.8 Å². The Morgan fingerprint density at radius 3 is 2.50 bits per heavy atom. The number of rotatable bonds is 6. The number of amides is 4. The van der Waals surface area contributed by atoms with Gasteiger partial charge in [0.15, 0.2) is 0 Å². The largest absolute Gasteiger partial charge is 0.405 e. The number of nitrogens with one attached hydrogen (secondary N) is 4. The number of alkyl halides is 3. The van der Waals surface area contributed by atoms with Crippen molar-refractivity contribution in [3.8, 4) is 0 Å². The number of nitrogens with zero attached hydrogens (tertiary/aromatic N) is 1. The molecule has 0 saturated carbocycles. The van der Waals surface area contributed by atoms with E-state index in [-0.39, 0.29) is 36.8 Å². The second-order valence-corrected chi connectivity index (χ2v) is 6.98. The molecule has 2 unspecified atom stereocenters. The highest BCUT2D eigenvalue weighted by molar-refractivity contribution is 5.95. The maximum Gasteiger partial charge on any atom is 0.405 e. The summed E-state index contributed by atoms with van der Waals surface area (Å²) in [6.07, 6.45) is -0.947. The van der Waals surface area contributed by atoms with E-state index in [4.69, 9.17) is 0 Å². The second kappa shape index (κ2) is 11.4. The number of urea groups is 1. The number of carbonyl (C=O) groups is 3. The first-order valence-corrected chi connectivity index (χ1v) is 9.11. The summed E-state index contributed by atoms with van der Waals surface area (Å²) in [4.78, 5) is 37.0. The van der Waals surface area contributed by atoms with Crippen molar-refractivity contribution in [2.75, 3.05) is 39.3 Å². The van der Waals surface area contributed by atoms with Crippen molar-refractivity contribution in [2.24, 2.45) is 5.92 Å². The molecular formula is C16H27ClF3N5O3. The van der Waals surface area contributed by atoms with E-state index in [1.807, 2.05) is 10.2 Å². The molecule has 162 valence electrons. The van der Waals surface area contributed by atoms with Crippen LogP contribution in [0.25, 0.3) is 0 Å². The highest BCUT2D eigenvalue weighted by Crippen LogP contribution is 2.16. The molecule has 0 bridgehead atoms. The maximum absolute atomic E-state index is 12.0. The first-order valence-electron chi connectivity index (χ1n) is 9.11. The molecule has 2 rings (SSSR count). The highest BCUT2D eigenvalue weighted by Gasteiger charge is 2.28. The van der Waals surface area contributed by atoms with Gasteiger partial charge in [-0.2, -0.15) is 13.2 Å². The first-order chi connectivity index (χ1) is 12.7. The van der Waals surface area contributed by atoms with Crippen molar-refractivity contribution in [1.82, 2.24) is 26.2 Å². The highest BCUT2D eigenvalue weighted by atomic mass is 35.5.